The predicted octanol–water partition coefficient (Wildman–Crippen LogP) is 2.53. The van der Waals surface area contributed by atoms with Gasteiger partial charge in [0, 0.05) is 18.8 Å². The number of amides is 1. The van der Waals surface area contributed by atoms with Crippen molar-refractivity contribution < 1.29 is 9.18 Å². The highest BCUT2D eigenvalue weighted by molar-refractivity contribution is 5.95. The summed E-state index contributed by atoms with van der Waals surface area (Å²) < 4.78 is 13.6. The Morgan fingerprint density at radius 1 is 1.50 bits per heavy atom. The molecule has 98 valence electrons. The maximum absolute atomic E-state index is 13.6. The van der Waals surface area contributed by atoms with Gasteiger partial charge in [0.25, 0.3) is 5.91 Å². The van der Waals surface area contributed by atoms with E-state index >= 15 is 0 Å². The molecular formula is C14H19FN2O. The Kier molecular flexibility index (Phi) is 3.55. The normalized spacial score (nSPS) is 19.6. The SMILES string of the molecule is CC(C)C1CCN(C(=O)c2cc(N)ccc2F)C1. The zero-order chi connectivity index (χ0) is 13.3. The smallest absolute Gasteiger partial charge is 0.256 e. The lowest BCUT2D eigenvalue weighted by Crippen LogP contribution is -2.30. The van der Waals surface area contributed by atoms with E-state index in [9.17, 15) is 9.18 Å². The maximum atomic E-state index is 13.6. The van der Waals surface area contributed by atoms with Crippen molar-refractivity contribution in [2.75, 3.05) is 18.8 Å². The summed E-state index contributed by atoms with van der Waals surface area (Å²) in [6.07, 6.45) is 0.993. The Morgan fingerprint density at radius 2 is 2.22 bits per heavy atom. The Morgan fingerprint density at radius 3 is 2.83 bits per heavy atom. The highest BCUT2D eigenvalue weighted by atomic mass is 19.1. The molecule has 1 amide bonds. The molecule has 1 heterocycles. The number of nitrogen functional groups attached to an aromatic ring is 1. The number of nitrogens with zero attached hydrogens (tertiary/aromatic N) is 1. The number of anilines is 1. The van der Waals surface area contributed by atoms with Crippen LogP contribution in [0.4, 0.5) is 10.1 Å². The van der Waals surface area contributed by atoms with E-state index in [1.54, 1.807) is 4.90 Å². The van der Waals surface area contributed by atoms with Crippen LogP contribution in [-0.2, 0) is 0 Å². The summed E-state index contributed by atoms with van der Waals surface area (Å²) >= 11 is 0. The molecule has 1 aromatic rings. The Balaban J connectivity index is 2.15. The number of hydrogen-bond acceptors (Lipinski definition) is 2. The summed E-state index contributed by atoms with van der Waals surface area (Å²) in [6, 6.07) is 4.13. The Bertz CT molecular complexity index is 459. The van der Waals surface area contributed by atoms with Crippen molar-refractivity contribution in [3.8, 4) is 0 Å². The van der Waals surface area contributed by atoms with Gasteiger partial charge < -0.3 is 10.6 Å². The van der Waals surface area contributed by atoms with Gasteiger partial charge in [0.1, 0.15) is 5.82 Å². The molecule has 2 N–H and O–H groups in total. The molecule has 0 saturated carbocycles. The van der Waals surface area contributed by atoms with Gasteiger partial charge in [-0.1, -0.05) is 13.8 Å². The summed E-state index contributed by atoms with van der Waals surface area (Å²) in [5.41, 5.74) is 6.10. The van der Waals surface area contributed by atoms with Gasteiger partial charge in [0.05, 0.1) is 5.56 Å². The van der Waals surface area contributed by atoms with Crippen molar-refractivity contribution in [3.63, 3.8) is 0 Å². The first kappa shape index (κ1) is 12.9. The molecule has 1 fully saturated rings. The van der Waals surface area contributed by atoms with E-state index < -0.39 is 5.82 Å². The van der Waals surface area contributed by atoms with Crippen molar-refractivity contribution in [1.82, 2.24) is 4.90 Å². The van der Waals surface area contributed by atoms with E-state index in [-0.39, 0.29) is 11.5 Å². The molecule has 0 bridgehead atoms. The number of hydrogen-bond donors (Lipinski definition) is 1. The fourth-order valence-corrected chi connectivity index (χ4v) is 2.39. The summed E-state index contributed by atoms with van der Waals surface area (Å²) in [5, 5.41) is 0. The molecule has 2 rings (SSSR count). The number of rotatable bonds is 2. The van der Waals surface area contributed by atoms with Gasteiger partial charge >= 0.3 is 0 Å². The number of likely N-dealkylation sites (tertiary alicyclic amines) is 1. The molecule has 18 heavy (non-hydrogen) atoms. The van der Waals surface area contributed by atoms with Crippen LogP contribution in [0.15, 0.2) is 18.2 Å². The molecule has 4 heteroatoms. The van der Waals surface area contributed by atoms with Crippen LogP contribution in [0.25, 0.3) is 0 Å². The summed E-state index contributed by atoms with van der Waals surface area (Å²) in [5.74, 6) is 0.316. The zero-order valence-electron chi connectivity index (χ0n) is 10.8. The molecule has 0 spiro atoms. The van der Waals surface area contributed by atoms with Crippen molar-refractivity contribution in [1.29, 1.82) is 0 Å². The van der Waals surface area contributed by atoms with Gasteiger partial charge in [-0.05, 0) is 36.5 Å². The number of benzene rings is 1. The van der Waals surface area contributed by atoms with Gasteiger partial charge in [-0.2, -0.15) is 0 Å². The monoisotopic (exact) mass is 250 g/mol. The summed E-state index contributed by atoms with van der Waals surface area (Å²) in [4.78, 5) is 13.9. The molecule has 1 aromatic carbocycles. The summed E-state index contributed by atoms with van der Waals surface area (Å²) in [7, 11) is 0. The van der Waals surface area contributed by atoms with Gasteiger partial charge in [-0.15, -0.1) is 0 Å². The molecule has 3 nitrogen and oxygen atoms in total. The van der Waals surface area contributed by atoms with Crippen LogP contribution < -0.4 is 5.73 Å². The molecule has 0 radical (unpaired) electrons. The molecule has 0 aromatic heterocycles. The second-order valence-corrected chi connectivity index (χ2v) is 5.28. The van der Waals surface area contributed by atoms with Crippen LogP contribution in [-0.4, -0.2) is 23.9 Å². The lowest BCUT2D eigenvalue weighted by atomic mass is 9.95. The molecular weight excluding hydrogens is 231 g/mol. The second-order valence-electron chi connectivity index (χ2n) is 5.28. The molecule has 1 aliphatic heterocycles. The van der Waals surface area contributed by atoms with Crippen LogP contribution in [0, 0.1) is 17.7 Å². The first-order valence-electron chi connectivity index (χ1n) is 6.33. The quantitative estimate of drug-likeness (QED) is 0.820. The van der Waals surface area contributed by atoms with Crippen LogP contribution in [0.5, 0.6) is 0 Å². The van der Waals surface area contributed by atoms with E-state index in [2.05, 4.69) is 13.8 Å². The summed E-state index contributed by atoms with van der Waals surface area (Å²) in [6.45, 7) is 5.72. The van der Waals surface area contributed by atoms with Gasteiger partial charge in [0.2, 0.25) is 0 Å². The number of carbonyl (C=O) groups excluding carboxylic acids is 1. The third-order valence-corrected chi connectivity index (χ3v) is 3.68. The van der Waals surface area contributed by atoms with E-state index in [4.69, 9.17) is 5.73 Å². The lowest BCUT2D eigenvalue weighted by Gasteiger charge is -2.18. The second kappa shape index (κ2) is 4.96. The lowest BCUT2D eigenvalue weighted by molar-refractivity contribution is 0.0779. The number of halogens is 1. The Hall–Kier alpha value is -1.58. The van der Waals surface area contributed by atoms with Crippen LogP contribution >= 0.6 is 0 Å². The van der Waals surface area contributed by atoms with E-state index in [0.717, 1.165) is 6.42 Å². The average Bonchev–Trinajstić information content (AvgIpc) is 2.81. The Labute approximate surface area is 107 Å². The molecule has 1 aliphatic rings. The first-order valence-corrected chi connectivity index (χ1v) is 6.33. The zero-order valence-corrected chi connectivity index (χ0v) is 10.8. The third-order valence-electron chi connectivity index (χ3n) is 3.68. The standard InChI is InChI=1S/C14H19FN2O/c1-9(2)10-5-6-17(8-10)14(18)12-7-11(16)3-4-13(12)15/h3-4,7,9-10H,5-6,8,16H2,1-2H3. The van der Waals surface area contributed by atoms with Crippen molar-refractivity contribution >= 4 is 11.6 Å². The largest absolute Gasteiger partial charge is 0.399 e. The highest BCUT2D eigenvalue weighted by Crippen LogP contribution is 2.25. The first-order chi connectivity index (χ1) is 8.49. The minimum Gasteiger partial charge on any atom is -0.399 e. The maximum Gasteiger partial charge on any atom is 0.256 e. The highest BCUT2D eigenvalue weighted by Gasteiger charge is 2.29. The van der Waals surface area contributed by atoms with Crippen LogP contribution in [0.3, 0.4) is 0 Å². The van der Waals surface area contributed by atoms with Crippen molar-refractivity contribution in [2.45, 2.75) is 20.3 Å². The predicted molar refractivity (Wildman–Crippen MR) is 69.7 cm³/mol. The molecule has 1 atom stereocenters. The minimum atomic E-state index is -0.498. The van der Waals surface area contributed by atoms with Gasteiger partial charge in [-0.25, -0.2) is 4.39 Å². The third kappa shape index (κ3) is 2.47. The fraction of sp³-hybridized carbons (Fsp3) is 0.500. The van der Waals surface area contributed by atoms with E-state index in [1.165, 1.54) is 18.2 Å². The topological polar surface area (TPSA) is 46.3 Å². The van der Waals surface area contributed by atoms with Gasteiger partial charge in [-0.3, -0.25) is 4.79 Å². The molecule has 0 aliphatic carbocycles. The molecule has 1 unspecified atom stereocenters. The van der Waals surface area contributed by atoms with Crippen LogP contribution in [0.1, 0.15) is 30.6 Å². The molecule has 1 saturated heterocycles. The minimum absolute atomic E-state index is 0.0828. The van der Waals surface area contributed by atoms with E-state index in [1.807, 2.05) is 0 Å². The number of nitrogens with two attached hydrogens (primary N) is 1. The van der Waals surface area contributed by atoms with Crippen molar-refractivity contribution in [2.24, 2.45) is 11.8 Å². The van der Waals surface area contributed by atoms with Crippen LogP contribution in [0.2, 0.25) is 0 Å². The van der Waals surface area contributed by atoms with Crippen molar-refractivity contribution in [3.05, 3.63) is 29.6 Å². The van der Waals surface area contributed by atoms with E-state index in [0.29, 0.717) is 30.6 Å². The number of carbonyl (C=O) groups is 1. The van der Waals surface area contributed by atoms with Gasteiger partial charge in [0.15, 0.2) is 0 Å². The average molecular weight is 250 g/mol. The fourth-order valence-electron chi connectivity index (χ4n) is 2.39.